The third-order valence-corrected chi connectivity index (χ3v) is 3.59. The van der Waals surface area contributed by atoms with E-state index in [9.17, 15) is 0 Å². The molecule has 3 aromatic rings. The maximum Gasteiger partial charge on any atom is 0.133 e. The number of hydrogen-bond donors (Lipinski definition) is 1. The van der Waals surface area contributed by atoms with Gasteiger partial charge in [-0.25, -0.2) is 0 Å². The summed E-state index contributed by atoms with van der Waals surface area (Å²) >= 11 is 0. The molecule has 108 valence electrons. The van der Waals surface area contributed by atoms with Crippen molar-refractivity contribution in [1.82, 2.24) is 9.78 Å². The number of benzene rings is 2. The first kappa shape index (κ1) is 13.6. The highest BCUT2D eigenvalue weighted by Crippen LogP contribution is 2.21. The molecule has 1 heterocycles. The lowest BCUT2D eigenvalue weighted by atomic mass is 10.1. The van der Waals surface area contributed by atoms with Crippen LogP contribution in [0.15, 0.2) is 48.5 Å². The van der Waals surface area contributed by atoms with E-state index in [0.717, 1.165) is 27.9 Å². The van der Waals surface area contributed by atoms with Gasteiger partial charge in [0.05, 0.1) is 5.52 Å². The summed E-state index contributed by atoms with van der Waals surface area (Å²) in [5, 5.41) is 5.66. The summed E-state index contributed by atoms with van der Waals surface area (Å²) < 4.78 is 7.75. The Bertz CT molecular complexity index is 762. The van der Waals surface area contributed by atoms with E-state index in [0.29, 0.717) is 6.61 Å². The van der Waals surface area contributed by atoms with E-state index in [-0.39, 0.29) is 6.04 Å². The van der Waals surface area contributed by atoms with Crippen molar-refractivity contribution in [2.75, 3.05) is 0 Å². The molecule has 0 spiro atoms. The van der Waals surface area contributed by atoms with Gasteiger partial charge in [0.2, 0.25) is 0 Å². The third-order valence-electron chi connectivity index (χ3n) is 3.59. The first-order chi connectivity index (χ1) is 10.1. The monoisotopic (exact) mass is 281 g/mol. The standard InChI is InChI=1S/C17H19N3O/c1-12(18)13-6-5-7-14(10-13)21-11-16-15-8-3-4-9-17(15)20(2)19-16/h3-10,12H,11,18H2,1-2H3/t12-/m1/s1. The number of nitrogens with zero attached hydrogens (tertiary/aromatic N) is 2. The highest BCUT2D eigenvalue weighted by atomic mass is 16.5. The lowest BCUT2D eigenvalue weighted by molar-refractivity contribution is 0.301. The third kappa shape index (κ3) is 2.76. The molecule has 2 aromatic carbocycles. The Morgan fingerprint density at radius 3 is 2.81 bits per heavy atom. The van der Waals surface area contributed by atoms with Crippen LogP contribution in [0.5, 0.6) is 5.75 Å². The van der Waals surface area contributed by atoms with Gasteiger partial charge in [0.25, 0.3) is 0 Å². The van der Waals surface area contributed by atoms with E-state index in [4.69, 9.17) is 10.5 Å². The van der Waals surface area contributed by atoms with Gasteiger partial charge in [0, 0.05) is 18.5 Å². The van der Waals surface area contributed by atoms with E-state index in [1.54, 1.807) is 0 Å². The Morgan fingerprint density at radius 2 is 2.00 bits per heavy atom. The quantitative estimate of drug-likeness (QED) is 0.799. The zero-order valence-electron chi connectivity index (χ0n) is 12.3. The summed E-state index contributed by atoms with van der Waals surface area (Å²) in [5.41, 5.74) is 9.02. The fourth-order valence-electron chi connectivity index (χ4n) is 2.43. The molecule has 0 radical (unpaired) electrons. The van der Waals surface area contributed by atoms with E-state index in [1.165, 1.54) is 0 Å². The summed E-state index contributed by atoms with van der Waals surface area (Å²) in [5.74, 6) is 0.819. The summed E-state index contributed by atoms with van der Waals surface area (Å²) in [7, 11) is 1.95. The van der Waals surface area contributed by atoms with Crippen LogP contribution in [0, 0.1) is 0 Å². The smallest absolute Gasteiger partial charge is 0.133 e. The molecule has 0 aliphatic rings. The van der Waals surface area contributed by atoms with Crippen LogP contribution in [0.25, 0.3) is 10.9 Å². The molecule has 0 fully saturated rings. The van der Waals surface area contributed by atoms with Gasteiger partial charge in [-0.3, -0.25) is 4.68 Å². The van der Waals surface area contributed by atoms with E-state index >= 15 is 0 Å². The van der Waals surface area contributed by atoms with Gasteiger partial charge in [-0.2, -0.15) is 5.10 Å². The van der Waals surface area contributed by atoms with Crippen molar-refractivity contribution in [2.45, 2.75) is 19.6 Å². The van der Waals surface area contributed by atoms with Gasteiger partial charge >= 0.3 is 0 Å². The number of aromatic nitrogens is 2. The lowest BCUT2D eigenvalue weighted by Gasteiger charge is -2.09. The van der Waals surface area contributed by atoms with E-state index in [1.807, 2.05) is 55.1 Å². The lowest BCUT2D eigenvalue weighted by Crippen LogP contribution is -2.05. The van der Waals surface area contributed by atoms with Crippen molar-refractivity contribution in [2.24, 2.45) is 12.8 Å². The van der Waals surface area contributed by atoms with Crippen LogP contribution in [0.3, 0.4) is 0 Å². The first-order valence-corrected chi connectivity index (χ1v) is 7.04. The van der Waals surface area contributed by atoms with Crippen molar-refractivity contribution < 1.29 is 4.74 Å². The Labute approximate surface area is 124 Å². The fourth-order valence-corrected chi connectivity index (χ4v) is 2.43. The number of aryl methyl sites for hydroxylation is 1. The summed E-state index contributed by atoms with van der Waals surface area (Å²) in [6, 6.07) is 16.1. The average Bonchev–Trinajstić information content (AvgIpc) is 2.82. The van der Waals surface area contributed by atoms with Crippen LogP contribution >= 0.6 is 0 Å². The molecular formula is C17H19N3O. The van der Waals surface area contributed by atoms with Crippen molar-refractivity contribution in [1.29, 1.82) is 0 Å². The van der Waals surface area contributed by atoms with E-state index in [2.05, 4.69) is 17.2 Å². The zero-order chi connectivity index (χ0) is 14.8. The van der Waals surface area contributed by atoms with E-state index < -0.39 is 0 Å². The highest BCUT2D eigenvalue weighted by molar-refractivity contribution is 5.81. The molecule has 1 atom stereocenters. The topological polar surface area (TPSA) is 53.1 Å². The molecule has 0 amide bonds. The molecule has 3 rings (SSSR count). The van der Waals surface area contributed by atoms with Gasteiger partial charge in [0.1, 0.15) is 18.1 Å². The van der Waals surface area contributed by atoms with Gasteiger partial charge in [-0.1, -0.05) is 30.3 Å². The highest BCUT2D eigenvalue weighted by Gasteiger charge is 2.09. The molecule has 0 bridgehead atoms. The van der Waals surface area contributed by atoms with Crippen LogP contribution in [-0.4, -0.2) is 9.78 Å². The summed E-state index contributed by atoms with van der Waals surface area (Å²) in [6.45, 7) is 2.41. The second-order valence-corrected chi connectivity index (χ2v) is 5.24. The molecule has 2 N–H and O–H groups in total. The fraction of sp³-hybridized carbons (Fsp3) is 0.235. The van der Waals surface area contributed by atoms with Crippen LogP contribution in [0.1, 0.15) is 24.2 Å². The maximum atomic E-state index is 5.90. The predicted molar refractivity (Wildman–Crippen MR) is 84.1 cm³/mol. The Balaban J connectivity index is 1.82. The number of ether oxygens (including phenoxy) is 1. The van der Waals surface area contributed by atoms with Gasteiger partial charge in [-0.15, -0.1) is 0 Å². The minimum atomic E-state index is 0.00392. The number of fused-ring (bicyclic) bond motifs is 1. The van der Waals surface area contributed by atoms with Crippen LogP contribution in [0.4, 0.5) is 0 Å². The second kappa shape index (κ2) is 5.58. The minimum absolute atomic E-state index is 0.00392. The Hall–Kier alpha value is -2.33. The molecular weight excluding hydrogens is 262 g/mol. The molecule has 0 saturated carbocycles. The van der Waals surface area contributed by atoms with Gasteiger partial charge < -0.3 is 10.5 Å². The number of rotatable bonds is 4. The van der Waals surface area contributed by atoms with Crippen molar-refractivity contribution in [3.05, 3.63) is 59.8 Å². The SMILES string of the molecule is C[C@@H](N)c1cccc(OCc2nn(C)c3ccccc23)c1. The molecule has 0 saturated heterocycles. The van der Waals surface area contributed by atoms with Gasteiger partial charge in [-0.05, 0) is 30.7 Å². The minimum Gasteiger partial charge on any atom is -0.487 e. The summed E-state index contributed by atoms with van der Waals surface area (Å²) in [6.07, 6.45) is 0. The molecule has 4 heteroatoms. The molecule has 0 aliphatic heterocycles. The number of para-hydroxylation sites is 1. The number of nitrogens with two attached hydrogens (primary N) is 1. The van der Waals surface area contributed by atoms with Gasteiger partial charge in [0.15, 0.2) is 0 Å². The number of hydrogen-bond acceptors (Lipinski definition) is 3. The van der Waals surface area contributed by atoms with Crippen LogP contribution < -0.4 is 10.5 Å². The first-order valence-electron chi connectivity index (χ1n) is 7.04. The molecule has 0 aliphatic carbocycles. The molecule has 21 heavy (non-hydrogen) atoms. The normalized spacial score (nSPS) is 12.5. The molecule has 1 aromatic heterocycles. The van der Waals surface area contributed by atoms with Crippen LogP contribution in [-0.2, 0) is 13.7 Å². The predicted octanol–water partition coefficient (Wildman–Crippen LogP) is 3.17. The molecule has 0 unspecified atom stereocenters. The largest absolute Gasteiger partial charge is 0.487 e. The second-order valence-electron chi connectivity index (χ2n) is 5.24. The maximum absolute atomic E-state index is 5.90. The average molecular weight is 281 g/mol. The molecule has 4 nitrogen and oxygen atoms in total. The Kier molecular flexibility index (Phi) is 3.62. The van der Waals surface area contributed by atoms with Crippen molar-refractivity contribution in [3.63, 3.8) is 0 Å². The van der Waals surface area contributed by atoms with Crippen molar-refractivity contribution in [3.8, 4) is 5.75 Å². The van der Waals surface area contributed by atoms with Crippen LogP contribution in [0.2, 0.25) is 0 Å². The summed E-state index contributed by atoms with van der Waals surface area (Å²) in [4.78, 5) is 0. The van der Waals surface area contributed by atoms with Crippen molar-refractivity contribution >= 4 is 10.9 Å². The Morgan fingerprint density at radius 1 is 1.19 bits per heavy atom. The zero-order valence-corrected chi connectivity index (χ0v) is 12.3.